The van der Waals surface area contributed by atoms with Gasteiger partial charge in [-0.05, 0) is 12.2 Å². The second-order valence-electron chi connectivity index (χ2n) is 23.3. The molecule has 8 saturated heterocycles. The van der Waals surface area contributed by atoms with E-state index < -0.39 is 299 Å². The molecule has 0 aromatic rings. The lowest BCUT2D eigenvalue weighted by molar-refractivity contribution is -0.409. The first-order valence-corrected chi connectivity index (χ1v) is 30.4. The van der Waals surface area contributed by atoms with E-state index in [1.807, 2.05) is 0 Å². The first-order valence-electron chi connectivity index (χ1n) is 29.8. The Bertz CT molecular complexity index is 2210. The van der Waals surface area contributed by atoms with Crippen LogP contribution in [0.25, 0.3) is 0 Å². The van der Waals surface area contributed by atoms with Crippen LogP contribution in [0.2, 0.25) is 0 Å². The summed E-state index contributed by atoms with van der Waals surface area (Å²) in [6.07, 6.45) is -81.0. The molecule has 16 unspecified atom stereocenters. The van der Waals surface area contributed by atoms with Crippen molar-refractivity contribution in [3.63, 3.8) is 0 Å². The van der Waals surface area contributed by atoms with E-state index in [2.05, 4.69) is 12.6 Å². The van der Waals surface area contributed by atoms with Crippen LogP contribution in [0.15, 0.2) is 0 Å². The fraction of sp³-hybridized carbons (Fsp3) is 1.00. The largest absolute Gasteiger partial charge is 0.394 e. The van der Waals surface area contributed by atoms with Crippen LogP contribution in [0, 0.1) is 0 Å². The zero-order chi connectivity index (χ0) is 68.2. The van der Waals surface area contributed by atoms with Gasteiger partial charge in [-0.15, -0.1) is 0 Å². The van der Waals surface area contributed by atoms with Gasteiger partial charge in [0.05, 0.1) is 59.5 Å². The smallest absolute Gasteiger partial charge is 0.187 e. The molecule has 8 heterocycles. The minimum absolute atomic E-state index is 0.174. The third-order valence-corrected chi connectivity index (χ3v) is 17.5. The highest BCUT2D eigenvalue weighted by Gasteiger charge is 2.60. The maximum absolute atomic E-state index is 12.2. The van der Waals surface area contributed by atoms with Crippen molar-refractivity contribution in [2.45, 2.75) is 252 Å². The number of aliphatic hydroxyl groups excluding tert-OH is 25. The second kappa shape index (κ2) is 34.4. The van der Waals surface area contributed by atoms with Gasteiger partial charge in [0.25, 0.3) is 0 Å². The minimum Gasteiger partial charge on any atom is -0.394 e. The SMILES string of the molecule is OCC1O[C@@H](OCC2O[C@H](OCCCS)C(O)[C@@H](O[C@@H]3OC(CO)[C@@H](O)[C@H](O)C3O)[C@@H]2O[C@@H]2OC(CO)[C@@H](O)[C@H](O)C2O[C@H]2OC(CO)[C@@H](O[C@@H]3OC(CO)[C@H](O)[C@H](O)C3O)[C@H](O)C2O)[C@@H](O[C@@H]2OC(CO)[C@@H](O[C@@H]3OC(CO)[C@H](O)[C@H](O)C3O)[C@H](O)C2O)C(O)[C@@H]1O. The molecular weight excluding hydrogens is 1300 g/mol. The molecule has 40 atom stereocenters. The lowest BCUT2D eigenvalue weighted by Crippen LogP contribution is -2.69. The average molecular weight is 1390 g/mol. The third-order valence-electron chi connectivity index (χ3n) is 17.2. The molecule has 8 aliphatic rings. The standard InChI is InChI=1S/C51H88O41S/c52-4-12-20(59)25(64)32(71)45(79-12)87-38-17(9-57)84-48(35(74)30(38)69)91-42-28(67)23(62)15(7-55)82-50(42)78-11-19-40(41(37(76)44(86-19)77-2-1-3-93)90-47-34(73)27(66)22(61)14(6-54)81-47)89-51-43(29(68)24(63)16(8-56)83-51)92-49-36(75)31(70)39(18(10-58)85-49)88-46-33(72)26(65)21(60)13(5-53)80-46/h12-76,93H,1-11H2/t12?,13?,14?,15?,16?,17?,18?,19?,20-,21-,22+,23+,24+,25-,26-,27-,28?,29-,30+,31+,32?,33?,34?,35?,36?,37?,38+,39+,40+,41+,42-,43?,44-,45-,46-,47-,48-,49+,50+,51-/m0/s1. The van der Waals surface area contributed by atoms with Crippen molar-refractivity contribution in [1.29, 1.82) is 0 Å². The van der Waals surface area contributed by atoms with E-state index in [9.17, 15) is 128 Å². The van der Waals surface area contributed by atoms with Crippen molar-refractivity contribution >= 4 is 12.6 Å². The summed E-state index contributed by atoms with van der Waals surface area (Å²) in [4.78, 5) is 0. The minimum atomic E-state index is -2.34. The van der Waals surface area contributed by atoms with Crippen LogP contribution in [0.5, 0.6) is 0 Å². The lowest BCUT2D eigenvalue weighted by Gasteiger charge is -2.51. The summed E-state index contributed by atoms with van der Waals surface area (Å²) in [5, 5.41) is 271. The zero-order valence-corrected chi connectivity index (χ0v) is 49.9. The Hall–Kier alpha value is -1.29. The molecule has 41 nitrogen and oxygen atoms in total. The van der Waals surface area contributed by atoms with Gasteiger partial charge < -0.3 is 203 Å². The normalized spacial score (nSPS) is 51.8. The van der Waals surface area contributed by atoms with Gasteiger partial charge in [0, 0.05) is 0 Å². The Kier molecular flexibility index (Phi) is 28.6. The highest BCUT2D eigenvalue weighted by atomic mass is 32.1. The van der Waals surface area contributed by atoms with Gasteiger partial charge >= 0.3 is 0 Å². The van der Waals surface area contributed by atoms with E-state index >= 15 is 0 Å². The highest BCUT2D eigenvalue weighted by molar-refractivity contribution is 7.80. The van der Waals surface area contributed by atoms with Crippen LogP contribution in [0.4, 0.5) is 0 Å². The van der Waals surface area contributed by atoms with E-state index in [4.69, 9.17) is 75.8 Å². The van der Waals surface area contributed by atoms with Crippen molar-refractivity contribution in [3.8, 4) is 0 Å². The Balaban J connectivity index is 1.11. The van der Waals surface area contributed by atoms with Crippen LogP contribution >= 0.6 is 12.6 Å². The molecule has 0 saturated carbocycles. The van der Waals surface area contributed by atoms with Crippen molar-refractivity contribution < 1.29 is 203 Å². The van der Waals surface area contributed by atoms with Crippen LogP contribution < -0.4 is 0 Å². The zero-order valence-electron chi connectivity index (χ0n) is 49.0. The summed E-state index contributed by atoms with van der Waals surface area (Å²) in [7, 11) is 0. The van der Waals surface area contributed by atoms with Gasteiger partial charge in [-0.25, -0.2) is 0 Å². The number of thiol groups is 1. The summed E-state index contributed by atoms with van der Waals surface area (Å²) in [6.45, 7) is -8.46. The Morgan fingerprint density at radius 3 is 0.860 bits per heavy atom. The fourth-order valence-corrected chi connectivity index (χ4v) is 11.8. The van der Waals surface area contributed by atoms with Crippen LogP contribution in [-0.4, -0.2) is 439 Å². The second-order valence-corrected chi connectivity index (χ2v) is 23.8. The Labute approximate surface area is 532 Å². The van der Waals surface area contributed by atoms with Crippen LogP contribution in [-0.2, 0) is 75.8 Å². The van der Waals surface area contributed by atoms with Gasteiger partial charge in [0.15, 0.2) is 50.3 Å². The summed E-state index contributed by atoms with van der Waals surface area (Å²) in [6, 6.07) is 0. The monoisotopic (exact) mass is 1390 g/mol. The topological polar surface area (TPSA) is 653 Å². The Morgan fingerprint density at radius 1 is 0.226 bits per heavy atom. The summed E-state index contributed by atoms with van der Waals surface area (Å²) < 4.78 is 93.5. The molecule has 0 bridgehead atoms. The van der Waals surface area contributed by atoms with E-state index in [1.165, 1.54) is 0 Å². The molecule has 8 fully saturated rings. The van der Waals surface area contributed by atoms with E-state index in [0.717, 1.165) is 0 Å². The quantitative estimate of drug-likeness (QED) is 0.0282. The summed E-state index contributed by atoms with van der Waals surface area (Å²) in [5.74, 6) is 0.190. The molecule has 0 aliphatic carbocycles. The highest BCUT2D eigenvalue weighted by Crippen LogP contribution is 2.39. The van der Waals surface area contributed by atoms with Gasteiger partial charge in [0.2, 0.25) is 0 Å². The van der Waals surface area contributed by atoms with Crippen molar-refractivity contribution in [3.05, 3.63) is 0 Å². The molecule has 25 N–H and O–H groups in total. The van der Waals surface area contributed by atoms with Crippen molar-refractivity contribution in [1.82, 2.24) is 0 Å². The van der Waals surface area contributed by atoms with Crippen molar-refractivity contribution in [2.24, 2.45) is 0 Å². The van der Waals surface area contributed by atoms with E-state index in [-0.39, 0.29) is 18.8 Å². The molecule has 0 aromatic heterocycles. The van der Waals surface area contributed by atoms with Crippen molar-refractivity contribution in [2.75, 3.05) is 65.2 Å². The molecule has 0 amide bonds. The van der Waals surface area contributed by atoms with Crippen LogP contribution in [0.3, 0.4) is 0 Å². The number of hydrogen-bond donors (Lipinski definition) is 26. The predicted molar refractivity (Wildman–Crippen MR) is 287 cm³/mol. The van der Waals surface area contributed by atoms with E-state index in [0.29, 0.717) is 0 Å². The van der Waals surface area contributed by atoms with Gasteiger partial charge in [-0.1, -0.05) is 0 Å². The molecule has 42 heteroatoms. The Morgan fingerprint density at radius 2 is 0.495 bits per heavy atom. The number of aliphatic hydroxyl groups is 25. The lowest BCUT2D eigenvalue weighted by atomic mass is 9.95. The van der Waals surface area contributed by atoms with Gasteiger partial charge in [-0.3, -0.25) is 0 Å². The first kappa shape index (κ1) is 77.4. The summed E-state index contributed by atoms with van der Waals surface area (Å²) in [5.41, 5.74) is 0. The molecule has 8 rings (SSSR count). The molecular formula is C51H88O41S. The molecule has 0 spiro atoms. The predicted octanol–water partition coefficient (Wildman–Crippen LogP) is -17.1. The maximum Gasteiger partial charge on any atom is 0.187 e. The van der Waals surface area contributed by atoms with E-state index in [1.54, 1.807) is 0 Å². The third kappa shape index (κ3) is 16.7. The fourth-order valence-electron chi connectivity index (χ4n) is 11.7. The molecule has 93 heavy (non-hydrogen) atoms. The molecule has 544 valence electrons. The summed E-state index contributed by atoms with van der Waals surface area (Å²) >= 11 is 4.18. The molecule has 0 radical (unpaired) electrons. The number of ether oxygens (including phenoxy) is 16. The van der Waals surface area contributed by atoms with Gasteiger partial charge in [-0.2, -0.15) is 12.6 Å². The number of hydrogen-bond acceptors (Lipinski definition) is 42. The van der Waals surface area contributed by atoms with Gasteiger partial charge in [0.1, 0.15) is 195 Å². The molecule has 0 aromatic carbocycles. The number of rotatable bonds is 26. The first-order chi connectivity index (χ1) is 44.2. The van der Waals surface area contributed by atoms with Crippen LogP contribution in [0.1, 0.15) is 6.42 Å². The molecule has 8 aliphatic heterocycles. The average Bonchev–Trinajstić information content (AvgIpc) is 0.781. The maximum atomic E-state index is 12.2.